The van der Waals surface area contributed by atoms with E-state index in [2.05, 4.69) is 11.5 Å². The molecule has 1 aliphatic rings. The van der Waals surface area contributed by atoms with Gasteiger partial charge in [-0.25, -0.2) is 4.39 Å². The third-order valence-corrected chi connectivity index (χ3v) is 3.27. The maximum atomic E-state index is 13.7. The molecule has 1 aliphatic heterocycles. The minimum absolute atomic E-state index is 0.0892. The molecular formula is C14H18FN3O. The Morgan fingerprint density at radius 3 is 2.63 bits per heavy atom. The second-order valence-electron chi connectivity index (χ2n) is 4.62. The normalized spacial score (nSPS) is 16.4. The number of piperazine rings is 1. The van der Waals surface area contributed by atoms with Gasteiger partial charge in [0.25, 0.3) is 5.91 Å². The van der Waals surface area contributed by atoms with Crippen molar-refractivity contribution in [2.45, 2.75) is 0 Å². The van der Waals surface area contributed by atoms with Crippen LogP contribution in [0.1, 0.15) is 10.4 Å². The molecule has 1 amide bonds. The van der Waals surface area contributed by atoms with E-state index >= 15 is 0 Å². The van der Waals surface area contributed by atoms with E-state index in [-0.39, 0.29) is 11.5 Å². The average molecular weight is 263 g/mol. The van der Waals surface area contributed by atoms with Gasteiger partial charge in [-0.05, 0) is 18.2 Å². The molecule has 0 unspecified atom stereocenters. The Kier molecular flexibility index (Phi) is 4.16. The first kappa shape index (κ1) is 13.5. The van der Waals surface area contributed by atoms with Gasteiger partial charge < -0.3 is 10.6 Å². The first-order valence-corrected chi connectivity index (χ1v) is 6.29. The van der Waals surface area contributed by atoms with Crippen LogP contribution in [0, 0.1) is 5.82 Å². The Morgan fingerprint density at radius 1 is 1.37 bits per heavy atom. The molecule has 0 bridgehead atoms. The van der Waals surface area contributed by atoms with Crippen molar-refractivity contribution in [3.05, 3.63) is 42.2 Å². The zero-order valence-corrected chi connectivity index (χ0v) is 10.8. The Hall–Kier alpha value is -1.88. The summed E-state index contributed by atoms with van der Waals surface area (Å²) in [5, 5.41) is 0. The molecule has 2 N–H and O–H groups in total. The summed E-state index contributed by atoms with van der Waals surface area (Å²) in [6, 6.07) is 4.18. The summed E-state index contributed by atoms with van der Waals surface area (Å²) in [7, 11) is 0. The standard InChI is InChI=1S/C14H18FN3O/c1-2-5-17-6-8-18(9-7-17)14(19)12-4-3-11(16)10-13(12)15/h2-4,10H,1,5-9,16H2. The highest BCUT2D eigenvalue weighted by Crippen LogP contribution is 2.15. The van der Waals surface area contributed by atoms with Gasteiger partial charge in [0.05, 0.1) is 5.56 Å². The van der Waals surface area contributed by atoms with Crippen LogP contribution in [0.4, 0.5) is 10.1 Å². The number of amides is 1. The lowest BCUT2D eigenvalue weighted by molar-refractivity contribution is 0.0645. The molecular weight excluding hydrogens is 245 g/mol. The number of hydrogen-bond donors (Lipinski definition) is 1. The summed E-state index contributed by atoms with van der Waals surface area (Å²) in [6.45, 7) is 7.30. The highest BCUT2D eigenvalue weighted by atomic mass is 19.1. The first-order chi connectivity index (χ1) is 9.11. The van der Waals surface area contributed by atoms with Crippen LogP contribution in [0.5, 0.6) is 0 Å². The van der Waals surface area contributed by atoms with Gasteiger partial charge in [0.1, 0.15) is 5.82 Å². The van der Waals surface area contributed by atoms with E-state index in [4.69, 9.17) is 5.73 Å². The fourth-order valence-corrected chi connectivity index (χ4v) is 2.19. The zero-order valence-electron chi connectivity index (χ0n) is 10.8. The van der Waals surface area contributed by atoms with E-state index in [1.807, 2.05) is 6.08 Å². The third-order valence-electron chi connectivity index (χ3n) is 3.27. The summed E-state index contributed by atoms with van der Waals surface area (Å²) in [4.78, 5) is 16.1. The number of carbonyl (C=O) groups is 1. The number of hydrogen-bond acceptors (Lipinski definition) is 3. The molecule has 0 spiro atoms. The van der Waals surface area contributed by atoms with Crippen LogP contribution in [0.15, 0.2) is 30.9 Å². The molecule has 1 aromatic rings. The van der Waals surface area contributed by atoms with Crippen LogP contribution < -0.4 is 5.73 Å². The minimum Gasteiger partial charge on any atom is -0.399 e. The highest BCUT2D eigenvalue weighted by molar-refractivity contribution is 5.94. The summed E-state index contributed by atoms with van der Waals surface area (Å²) in [5.74, 6) is -0.825. The number of nitrogen functional groups attached to an aromatic ring is 1. The number of anilines is 1. The van der Waals surface area contributed by atoms with Crippen molar-refractivity contribution in [3.8, 4) is 0 Å². The number of carbonyl (C=O) groups excluding carboxylic acids is 1. The number of nitrogens with zero attached hydrogens (tertiary/aromatic N) is 2. The van der Waals surface area contributed by atoms with Crippen LogP contribution in [0.25, 0.3) is 0 Å². The lowest BCUT2D eigenvalue weighted by atomic mass is 10.1. The van der Waals surface area contributed by atoms with Gasteiger partial charge in [-0.3, -0.25) is 9.69 Å². The largest absolute Gasteiger partial charge is 0.399 e. The van der Waals surface area contributed by atoms with Crippen LogP contribution in [-0.4, -0.2) is 48.4 Å². The molecule has 4 nitrogen and oxygen atoms in total. The average Bonchev–Trinajstić information content (AvgIpc) is 2.39. The van der Waals surface area contributed by atoms with Crippen molar-refractivity contribution in [3.63, 3.8) is 0 Å². The van der Waals surface area contributed by atoms with Crippen LogP contribution >= 0.6 is 0 Å². The quantitative estimate of drug-likeness (QED) is 0.661. The Bertz CT molecular complexity index is 482. The second kappa shape index (κ2) is 5.84. The molecule has 0 atom stereocenters. The lowest BCUT2D eigenvalue weighted by Crippen LogP contribution is -2.48. The smallest absolute Gasteiger partial charge is 0.256 e. The zero-order chi connectivity index (χ0) is 13.8. The van der Waals surface area contributed by atoms with Gasteiger partial charge in [-0.15, -0.1) is 6.58 Å². The molecule has 1 saturated heterocycles. The molecule has 0 aromatic heterocycles. The molecule has 0 saturated carbocycles. The highest BCUT2D eigenvalue weighted by Gasteiger charge is 2.23. The van der Waals surface area contributed by atoms with Crippen molar-refractivity contribution in [2.75, 3.05) is 38.5 Å². The number of halogens is 1. The minimum atomic E-state index is -0.557. The fourth-order valence-electron chi connectivity index (χ4n) is 2.19. The Labute approximate surface area is 112 Å². The van der Waals surface area contributed by atoms with Crippen LogP contribution in [0.2, 0.25) is 0 Å². The summed E-state index contributed by atoms with van der Waals surface area (Å²) in [5.41, 5.74) is 5.89. The molecule has 1 fully saturated rings. The summed E-state index contributed by atoms with van der Waals surface area (Å²) in [6.07, 6.45) is 1.84. The third kappa shape index (κ3) is 3.12. The van der Waals surface area contributed by atoms with Gasteiger partial charge >= 0.3 is 0 Å². The molecule has 19 heavy (non-hydrogen) atoms. The Morgan fingerprint density at radius 2 is 2.05 bits per heavy atom. The maximum Gasteiger partial charge on any atom is 0.256 e. The molecule has 0 aliphatic carbocycles. The maximum absolute atomic E-state index is 13.7. The van der Waals surface area contributed by atoms with Gasteiger partial charge in [-0.1, -0.05) is 6.08 Å². The molecule has 1 heterocycles. The molecule has 1 aromatic carbocycles. The monoisotopic (exact) mass is 263 g/mol. The van der Waals surface area contributed by atoms with E-state index in [1.54, 1.807) is 11.0 Å². The van der Waals surface area contributed by atoms with Gasteiger partial charge in [0.2, 0.25) is 0 Å². The lowest BCUT2D eigenvalue weighted by Gasteiger charge is -2.34. The van der Waals surface area contributed by atoms with E-state index in [0.717, 1.165) is 19.6 Å². The number of nitrogens with two attached hydrogens (primary N) is 1. The molecule has 0 radical (unpaired) electrons. The predicted molar refractivity (Wildman–Crippen MR) is 73.4 cm³/mol. The SMILES string of the molecule is C=CCN1CCN(C(=O)c2ccc(N)cc2F)CC1. The van der Waals surface area contributed by atoms with Crippen molar-refractivity contribution < 1.29 is 9.18 Å². The molecule has 102 valence electrons. The summed E-state index contributed by atoms with van der Waals surface area (Å²) < 4.78 is 13.7. The molecule has 5 heteroatoms. The van der Waals surface area contributed by atoms with Crippen LogP contribution in [-0.2, 0) is 0 Å². The van der Waals surface area contributed by atoms with Crippen molar-refractivity contribution in [1.29, 1.82) is 0 Å². The number of benzene rings is 1. The topological polar surface area (TPSA) is 49.6 Å². The van der Waals surface area contributed by atoms with Gasteiger partial charge in [0, 0.05) is 38.4 Å². The fraction of sp³-hybridized carbons (Fsp3) is 0.357. The first-order valence-electron chi connectivity index (χ1n) is 6.29. The van der Waals surface area contributed by atoms with Gasteiger partial charge in [-0.2, -0.15) is 0 Å². The summed E-state index contributed by atoms with van der Waals surface area (Å²) >= 11 is 0. The Balaban J connectivity index is 2.03. The molecule has 2 rings (SSSR count). The van der Waals surface area contributed by atoms with Crippen molar-refractivity contribution in [2.24, 2.45) is 0 Å². The van der Waals surface area contributed by atoms with Crippen molar-refractivity contribution >= 4 is 11.6 Å². The van der Waals surface area contributed by atoms with E-state index in [9.17, 15) is 9.18 Å². The number of rotatable bonds is 3. The van der Waals surface area contributed by atoms with E-state index < -0.39 is 5.82 Å². The van der Waals surface area contributed by atoms with Gasteiger partial charge in [0.15, 0.2) is 0 Å². The predicted octanol–water partition coefficient (Wildman–Crippen LogP) is 1.35. The van der Waals surface area contributed by atoms with Crippen molar-refractivity contribution in [1.82, 2.24) is 9.80 Å². The second-order valence-corrected chi connectivity index (χ2v) is 4.62. The van der Waals surface area contributed by atoms with E-state index in [1.165, 1.54) is 12.1 Å². The van der Waals surface area contributed by atoms with Crippen LogP contribution in [0.3, 0.4) is 0 Å². The van der Waals surface area contributed by atoms with E-state index in [0.29, 0.717) is 18.8 Å².